The van der Waals surface area contributed by atoms with Gasteiger partial charge in [0.15, 0.2) is 23.0 Å². The SMILES string of the molecule is CN1c2c(ccc3cc4c(cc23)OCO4)-c2ccc3c(c2C1N)OCO3. The summed E-state index contributed by atoms with van der Waals surface area (Å²) in [6.07, 6.45) is -0.329. The Morgan fingerprint density at radius 1 is 0.885 bits per heavy atom. The Balaban J connectivity index is 1.68. The molecule has 0 aromatic heterocycles. The second-order valence-electron chi connectivity index (χ2n) is 6.70. The van der Waals surface area contributed by atoms with Gasteiger partial charge in [-0.05, 0) is 35.2 Å². The maximum Gasteiger partial charge on any atom is 0.231 e. The van der Waals surface area contributed by atoms with E-state index in [1.807, 2.05) is 25.2 Å². The van der Waals surface area contributed by atoms with Crippen LogP contribution in [0.15, 0.2) is 36.4 Å². The van der Waals surface area contributed by atoms with E-state index in [-0.39, 0.29) is 19.8 Å². The average Bonchev–Trinajstić information content (AvgIpc) is 3.31. The van der Waals surface area contributed by atoms with Crippen molar-refractivity contribution in [3.63, 3.8) is 0 Å². The van der Waals surface area contributed by atoms with Gasteiger partial charge in [0.05, 0.1) is 5.69 Å². The fourth-order valence-electron chi connectivity index (χ4n) is 4.15. The largest absolute Gasteiger partial charge is 0.454 e. The predicted molar refractivity (Wildman–Crippen MR) is 97.0 cm³/mol. The van der Waals surface area contributed by atoms with Crippen molar-refractivity contribution in [2.24, 2.45) is 5.73 Å². The molecule has 0 saturated heterocycles. The maximum atomic E-state index is 6.62. The number of fused-ring (bicyclic) bond motifs is 8. The van der Waals surface area contributed by atoms with E-state index in [2.05, 4.69) is 23.1 Å². The van der Waals surface area contributed by atoms with Gasteiger partial charge in [0.2, 0.25) is 13.6 Å². The molecule has 0 saturated carbocycles. The Morgan fingerprint density at radius 3 is 2.50 bits per heavy atom. The van der Waals surface area contributed by atoms with Crippen molar-refractivity contribution in [1.82, 2.24) is 0 Å². The maximum absolute atomic E-state index is 6.62. The van der Waals surface area contributed by atoms with Crippen molar-refractivity contribution in [3.05, 3.63) is 42.0 Å². The van der Waals surface area contributed by atoms with Gasteiger partial charge in [-0.15, -0.1) is 0 Å². The fourth-order valence-corrected chi connectivity index (χ4v) is 4.15. The van der Waals surface area contributed by atoms with Crippen LogP contribution < -0.4 is 29.6 Å². The Bertz CT molecular complexity index is 1100. The third-order valence-electron chi connectivity index (χ3n) is 5.42. The van der Waals surface area contributed by atoms with E-state index in [1.165, 1.54) is 0 Å². The molecular formula is C20H16N2O4. The molecule has 6 heteroatoms. The van der Waals surface area contributed by atoms with Crippen LogP contribution in [0.5, 0.6) is 23.0 Å². The standard InChI is InChI=1S/C20H16N2O4/c1-22-18-12(3-2-10-6-15-16(7-13(10)18)25-8-24-15)11-4-5-14-19(26-9-23-14)17(11)20(22)21/h2-7,20H,8-9,21H2,1H3. The highest BCUT2D eigenvalue weighted by molar-refractivity contribution is 6.05. The van der Waals surface area contributed by atoms with Crippen LogP contribution in [0.4, 0.5) is 5.69 Å². The summed E-state index contributed by atoms with van der Waals surface area (Å²) in [5, 5.41) is 2.18. The molecule has 0 amide bonds. The molecule has 1 unspecified atom stereocenters. The Labute approximate surface area is 149 Å². The lowest BCUT2D eigenvalue weighted by Gasteiger charge is -2.36. The number of ether oxygens (including phenoxy) is 4. The third-order valence-corrected chi connectivity index (χ3v) is 5.42. The van der Waals surface area contributed by atoms with Crippen molar-refractivity contribution < 1.29 is 18.9 Å². The highest BCUT2D eigenvalue weighted by atomic mass is 16.7. The number of rotatable bonds is 0. The van der Waals surface area contributed by atoms with E-state index in [4.69, 9.17) is 24.7 Å². The van der Waals surface area contributed by atoms with Gasteiger partial charge in [-0.2, -0.15) is 0 Å². The molecule has 1 atom stereocenters. The number of hydrogen-bond donors (Lipinski definition) is 1. The summed E-state index contributed by atoms with van der Waals surface area (Å²) in [5.41, 5.74) is 10.9. The van der Waals surface area contributed by atoms with Crippen molar-refractivity contribution in [2.75, 3.05) is 25.5 Å². The smallest absolute Gasteiger partial charge is 0.231 e. The highest BCUT2D eigenvalue weighted by Gasteiger charge is 2.34. The third kappa shape index (κ3) is 1.64. The zero-order valence-corrected chi connectivity index (χ0v) is 14.1. The van der Waals surface area contributed by atoms with Crippen LogP contribution in [-0.4, -0.2) is 20.6 Å². The lowest BCUT2D eigenvalue weighted by molar-refractivity contribution is 0.173. The number of nitrogens with zero attached hydrogens (tertiary/aromatic N) is 1. The zero-order chi connectivity index (χ0) is 17.4. The van der Waals surface area contributed by atoms with Gasteiger partial charge in [0.1, 0.15) is 6.17 Å². The molecule has 0 aliphatic carbocycles. The summed E-state index contributed by atoms with van der Waals surface area (Å²) in [7, 11) is 2.01. The minimum Gasteiger partial charge on any atom is -0.454 e. The minimum atomic E-state index is -0.329. The Morgan fingerprint density at radius 2 is 1.62 bits per heavy atom. The molecule has 0 fully saturated rings. The lowest BCUT2D eigenvalue weighted by Crippen LogP contribution is -2.34. The topological polar surface area (TPSA) is 66.2 Å². The van der Waals surface area contributed by atoms with Crippen molar-refractivity contribution in [3.8, 4) is 34.1 Å². The number of benzene rings is 3. The molecule has 0 spiro atoms. The first kappa shape index (κ1) is 14.1. The van der Waals surface area contributed by atoms with Crippen LogP contribution in [0.1, 0.15) is 11.7 Å². The van der Waals surface area contributed by atoms with Crippen molar-refractivity contribution in [2.45, 2.75) is 6.17 Å². The average molecular weight is 348 g/mol. The molecule has 3 aromatic carbocycles. The van der Waals surface area contributed by atoms with Crippen LogP contribution in [0.3, 0.4) is 0 Å². The molecule has 6 nitrogen and oxygen atoms in total. The molecule has 0 bridgehead atoms. The first-order valence-electron chi connectivity index (χ1n) is 8.50. The predicted octanol–water partition coefficient (Wildman–Crippen LogP) is 3.37. The van der Waals surface area contributed by atoms with Gasteiger partial charge in [-0.25, -0.2) is 0 Å². The van der Waals surface area contributed by atoms with Gasteiger partial charge < -0.3 is 29.6 Å². The Hall–Kier alpha value is -3.12. The molecule has 130 valence electrons. The molecule has 3 aliphatic heterocycles. The first-order chi connectivity index (χ1) is 12.7. The fraction of sp³-hybridized carbons (Fsp3) is 0.200. The monoisotopic (exact) mass is 348 g/mol. The van der Waals surface area contributed by atoms with Gasteiger partial charge in [0.25, 0.3) is 0 Å². The second-order valence-corrected chi connectivity index (χ2v) is 6.70. The van der Waals surface area contributed by atoms with Crippen LogP contribution in [0.2, 0.25) is 0 Å². The first-order valence-corrected chi connectivity index (χ1v) is 8.50. The van der Waals surface area contributed by atoms with E-state index < -0.39 is 0 Å². The summed E-state index contributed by atoms with van der Waals surface area (Å²) in [5.74, 6) is 3.05. The lowest BCUT2D eigenvalue weighted by atomic mass is 9.88. The summed E-state index contributed by atoms with van der Waals surface area (Å²) in [4.78, 5) is 2.09. The normalized spacial score (nSPS) is 18.8. The summed E-state index contributed by atoms with van der Waals surface area (Å²) >= 11 is 0. The van der Waals surface area contributed by atoms with Crippen LogP contribution >= 0.6 is 0 Å². The van der Waals surface area contributed by atoms with E-state index in [1.54, 1.807) is 0 Å². The minimum absolute atomic E-state index is 0.232. The molecular weight excluding hydrogens is 332 g/mol. The van der Waals surface area contributed by atoms with Crippen molar-refractivity contribution >= 4 is 16.5 Å². The molecule has 26 heavy (non-hydrogen) atoms. The van der Waals surface area contributed by atoms with E-state index in [0.717, 1.165) is 56.1 Å². The van der Waals surface area contributed by atoms with Crippen LogP contribution in [-0.2, 0) is 0 Å². The van der Waals surface area contributed by atoms with E-state index in [0.29, 0.717) is 0 Å². The van der Waals surface area contributed by atoms with Gasteiger partial charge in [-0.1, -0.05) is 12.1 Å². The Kier molecular flexibility index (Phi) is 2.57. The van der Waals surface area contributed by atoms with Crippen molar-refractivity contribution in [1.29, 1.82) is 0 Å². The summed E-state index contributed by atoms with van der Waals surface area (Å²) < 4.78 is 22.3. The molecule has 6 rings (SSSR count). The van der Waals surface area contributed by atoms with Crippen LogP contribution in [0.25, 0.3) is 21.9 Å². The molecule has 2 N–H and O–H groups in total. The molecule has 3 aromatic rings. The van der Waals surface area contributed by atoms with E-state index in [9.17, 15) is 0 Å². The molecule has 3 heterocycles. The van der Waals surface area contributed by atoms with Crippen LogP contribution in [0, 0.1) is 0 Å². The molecule has 0 radical (unpaired) electrons. The summed E-state index contributed by atoms with van der Waals surface area (Å²) in [6, 6.07) is 12.3. The number of anilines is 1. The van der Waals surface area contributed by atoms with Gasteiger partial charge in [-0.3, -0.25) is 0 Å². The highest BCUT2D eigenvalue weighted by Crippen LogP contribution is 2.53. The van der Waals surface area contributed by atoms with E-state index >= 15 is 0 Å². The number of nitrogens with two attached hydrogens (primary N) is 1. The second kappa shape index (κ2) is 4.74. The zero-order valence-electron chi connectivity index (χ0n) is 14.1. The molecule has 3 aliphatic rings. The quantitative estimate of drug-likeness (QED) is 0.672. The summed E-state index contributed by atoms with van der Waals surface area (Å²) in [6.45, 7) is 0.492. The van der Waals surface area contributed by atoms with Gasteiger partial charge >= 0.3 is 0 Å². The number of hydrogen-bond acceptors (Lipinski definition) is 6. The van der Waals surface area contributed by atoms with Gasteiger partial charge in [0, 0.05) is 23.6 Å².